The molecule has 0 aliphatic carbocycles. The highest BCUT2D eigenvalue weighted by atomic mass is 16.5. The van der Waals surface area contributed by atoms with Crippen LogP contribution in [-0.2, 0) is 20.8 Å². The van der Waals surface area contributed by atoms with Crippen LogP contribution < -0.4 is 4.90 Å². The molecule has 3 saturated heterocycles. The Morgan fingerprint density at radius 1 is 1.03 bits per heavy atom. The molecule has 3 aliphatic heterocycles. The quantitative estimate of drug-likeness (QED) is 0.556. The van der Waals surface area contributed by atoms with Gasteiger partial charge in [0.25, 0.3) is 0 Å². The van der Waals surface area contributed by atoms with Gasteiger partial charge in [-0.25, -0.2) is 4.68 Å². The van der Waals surface area contributed by atoms with Crippen molar-refractivity contribution >= 4 is 11.6 Å². The Hall–Kier alpha value is -2.49. The van der Waals surface area contributed by atoms with Gasteiger partial charge in [0.2, 0.25) is 5.91 Å². The van der Waals surface area contributed by atoms with Crippen LogP contribution in [-0.4, -0.2) is 95.4 Å². The van der Waals surface area contributed by atoms with Crippen LogP contribution in [0.5, 0.6) is 0 Å². The number of rotatable bonds is 8. The van der Waals surface area contributed by atoms with E-state index in [-0.39, 0.29) is 30.1 Å². The van der Waals surface area contributed by atoms with E-state index < -0.39 is 0 Å². The lowest BCUT2D eigenvalue weighted by molar-refractivity contribution is -0.144. The van der Waals surface area contributed by atoms with Gasteiger partial charge >= 0.3 is 0 Å². The van der Waals surface area contributed by atoms with Gasteiger partial charge in [0.1, 0.15) is 0 Å². The number of amides is 1. The second-order valence-corrected chi connectivity index (χ2v) is 10.5. The Labute approximate surface area is 214 Å². The second-order valence-electron chi connectivity index (χ2n) is 10.5. The molecule has 0 spiro atoms. The third-order valence-electron chi connectivity index (χ3n) is 7.90. The topological polar surface area (TPSA) is 76.0 Å². The van der Waals surface area contributed by atoms with Gasteiger partial charge in [-0.1, -0.05) is 30.3 Å². The van der Waals surface area contributed by atoms with Crippen molar-refractivity contribution in [1.29, 1.82) is 0 Å². The molecule has 9 heteroatoms. The predicted octanol–water partition coefficient (Wildman–Crippen LogP) is 2.59. The van der Waals surface area contributed by atoms with Crippen LogP contribution >= 0.6 is 0 Å². The fourth-order valence-corrected chi connectivity index (χ4v) is 5.63. The Morgan fingerprint density at radius 3 is 2.53 bits per heavy atom. The molecule has 9 nitrogen and oxygen atoms in total. The summed E-state index contributed by atoms with van der Waals surface area (Å²) in [5, 5.41) is 8.89. The summed E-state index contributed by atoms with van der Waals surface area (Å²) in [4.78, 5) is 19.7. The van der Waals surface area contributed by atoms with Crippen molar-refractivity contribution in [3.8, 4) is 0 Å². The first-order valence-corrected chi connectivity index (χ1v) is 13.5. The SMILES string of the molecule is C[C@H](C(=O)N1CCOCC1)[C@@H]1CC[C@H](C[C@@H](C)n2cc(CN3CCN(c4ccccc4)CC3)nn2)O1. The number of benzene rings is 1. The molecule has 4 atom stereocenters. The van der Waals surface area contributed by atoms with Crippen LogP contribution in [0, 0.1) is 5.92 Å². The zero-order chi connectivity index (χ0) is 24.9. The van der Waals surface area contributed by atoms with E-state index in [9.17, 15) is 4.79 Å². The highest BCUT2D eigenvalue weighted by molar-refractivity contribution is 5.79. The minimum atomic E-state index is -0.108. The molecule has 5 rings (SSSR count). The van der Waals surface area contributed by atoms with E-state index in [1.54, 1.807) is 0 Å². The maximum absolute atomic E-state index is 12.9. The minimum Gasteiger partial charge on any atom is -0.378 e. The molecule has 1 amide bonds. The predicted molar refractivity (Wildman–Crippen MR) is 138 cm³/mol. The summed E-state index contributed by atoms with van der Waals surface area (Å²) in [6, 6.07) is 10.8. The first kappa shape index (κ1) is 25.2. The van der Waals surface area contributed by atoms with E-state index in [1.807, 2.05) is 16.5 Å². The van der Waals surface area contributed by atoms with Crippen LogP contribution in [0.25, 0.3) is 0 Å². The van der Waals surface area contributed by atoms with Gasteiger partial charge < -0.3 is 19.3 Å². The summed E-state index contributed by atoms with van der Waals surface area (Å²) in [6.45, 7) is 11.8. The summed E-state index contributed by atoms with van der Waals surface area (Å²) >= 11 is 0. The fraction of sp³-hybridized carbons (Fsp3) is 0.667. The van der Waals surface area contributed by atoms with Gasteiger partial charge in [0.15, 0.2) is 0 Å². The van der Waals surface area contributed by atoms with Crippen LogP contribution in [0.2, 0.25) is 0 Å². The molecular formula is C27H40N6O3. The van der Waals surface area contributed by atoms with E-state index in [1.165, 1.54) is 5.69 Å². The van der Waals surface area contributed by atoms with Gasteiger partial charge in [-0.05, 0) is 38.3 Å². The fourth-order valence-electron chi connectivity index (χ4n) is 5.63. The molecule has 0 bridgehead atoms. The van der Waals surface area contributed by atoms with E-state index >= 15 is 0 Å². The molecule has 0 unspecified atom stereocenters. The number of piperazine rings is 1. The lowest BCUT2D eigenvalue weighted by Crippen LogP contribution is -2.46. The molecule has 2 aromatic rings. The number of aromatic nitrogens is 3. The summed E-state index contributed by atoms with van der Waals surface area (Å²) in [7, 11) is 0. The second kappa shape index (κ2) is 11.7. The minimum absolute atomic E-state index is 0.00148. The highest BCUT2D eigenvalue weighted by Crippen LogP contribution is 2.31. The molecule has 3 aliphatic rings. The molecule has 0 N–H and O–H groups in total. The van der Waals surface area contributed by atoms with E-state index in [2.05, 4.69) is 63.6 Å². The van der Waals surface area contributed by atoms with Gasteiger partial charge in [-0.3, -0.25) is 9.69 Å². The van der Waals surface area contributed by atoms with Crippen LogP contribution in [0.15, 0.2) is 36.5 Å². The van der Waals surface area contributed by atoms with E-state index in [0.29, 0.717) is 26.3 Å². The van der Waals surface area contributed by atoms with Crippen molar-refractivity contribution in [2.45, 2.75) is 57.9 Å². The van der Waals surface area contributed by atoms with Gasteiger partial charge in [-0.2, -0.15) is 0 Å². The molecule has 36 heavy (non-hydrogen) atoms. The molecule has 4 heterocycles. The van der Waals surface area contributed by atoms with E-state index in [4.69, 9.17) is 9.47 Å². The Kier molecular flexibility index (Phi) is 8.19. The Bertz CT molecular complexity index is 971. The average Bonchev–Trinajstić information content (AvgIpc) is 3.59. The third kappa shape index (κ3) is 6.07. The molecule has 1 aromatic carbocycles. The summed E-state index contributed by atoms with van der Waals surface area (Å²) in [6.07, 6.45) is 5.05. The summed E-state index contributed by atoms with van der Waals surface area (Å²) < 4.78 is 13.7. The first-order valence-electron chi connectivity index (χ1n) is 13.5. The van der Waals surface area contributed by atoms with Crippen molar-refractivity contribution in [1.82, 2.24) is 24.8 Å². The monoisotopic (exact) mass is 496 g/mol. The largest absolute Gasteiger partial charge is 0.378 e. The van der Waals surface area contributed by atoms with Crippen molar-refractivity contribution in [3.63, 3.8) is 0 Å². The molecule has 0 saturated carbocycles. The zero-order valence-electron chi connectivity index (χ0n) is 21.7. The smallest absolute Gasteiger partial charge is 0.228 e. The molecule has 0 radical (unpaired) electrons. The average molecular weight is 497 g/mol. The number of para-hydroxylation sites is 1. The van der Waals surface area contributed by atoms with Gasteiger partial charge in [0, 0.05) is 51.5 Å². The number of morpholine rings is 1. The van der Waals surface area contributed by atoms with Crippen LogP contribution in [0.3, 0.4) is 0 Å². The number of hydrogen-bond donors (Lipinski definition) is 0. The normalized spacial score (nSPS) is 25.2. The van der Waals surface area contributed by atoms with Crippen LogP contribution in [0.1, 0.15) is 44.8 Å². The van der Waals surface area contributed by atoms with Crippen LogP contribution in [0.4, 0.5) is 5.69 Å². The van der Waals surface area contributed by atoms with Gasteiger partial charge in [-0.15, -0.1) is 5.10 Å². The molecule has 196 valence electrons. The lowest BCUT2D eigenvalue weighted by atomic mass is 9.99. The van der Waals surface area contributed by atoms with Crippen molar-refractivity contribution in [2.24, 2.45) is 5.92 Å². The molecule has 3 fully saturated rings. The number of hydrogen-bond acceptors (Lipinski definition) is 7. The number of anilines is 1. The number of carbonyl (C=O) groups is 1. The standard InChI is InChI=1S/C27H40N6O3/c1-21(18-25-8-9-26(36-25)22(2)27(34)32-14-16-35-17-15-32)33-20-23(28-29-33)19-30-10-12-31(13-11-30)24-6-4-3-5-7-24/h3-7,20-22,25-26H,8-19H2,1-2H3/t21-,22+,25-,26+/m1/s1. The molecular weight excluding hydrogens is 456 g/mol. The van der Waals surface area contributed by atoms with Crippen molar-refractivity contribution in [3.05, 3.63) is 42.2 Å². The number of ether oxygens (including phenoxy) is 2. The maximum atomic E-state index is 12.9. The van der Waals surface area contributed by atoms with Crippen molar-refractivity contribution < 1.29 is 14.3 Å². The third-order valence-corrected chi connectivity index (χ3v) is 7.90. The lowest BCUT2D eigenvalue weighted by Gasteiger charge is -2.35. The maximum Gasteiger partial charge on any atom is 0.228 e. The summed E-state index contributed by atoms with van der Waals surface area (Å²) in [5.41, 5.74) is 2.32. The number of nitrogens with zero attached hydrogens (tertiary/aromatic N) is 6. The van der Waals surface area contributed by atoms with Gasteiger partial charge in [0.05, 0.1) is 49.3 Å². The molecule has 1 aromatic heterocycles. The first-order chi connectivity index (χ1) is 17.6. The zero-order valence-corrected chi connectivity index (χ0v) is 21.7. The Morgan fingerprint density at radius 2 is 1.78 bits per heavy atom. The highest BCUT2D eigenvalue weighted by Gasteiger charge is 2.36. The number of carbonyl (C=O) groups excluding carboxylic acids is 1. The van der Waals surface area contributed by atoms with Crippen molar-refractivity contribution in [2.75, 3.05) is 57.4 Å². The van der Waals surface area contributed by atoms with E-state index in [0.717, 1.165) is 57.7 Å². The Balaban J connectivity index is 1.06. The summed E-state index contributed by atoms with van der Waals surface area (Å²) in [5.74, 6) is 0.0891.